The van der Waals surface area contributed by atoms with Crippen molar-refractivity contribution >= 4 is 23.8 Å². The number of amides is 2. The molecule has 0 spiro atoms. The molecule has 1 atom stereocenters. The van der Waals surface area contributed by atoms with Crippen LogP contribution in [-0.4, -0.2) is 71.4 Å². The molecule has 0 aromatic heterocycles. The van der Waals surface area contributed by atoms with Gasteiger partial charge in [-0.25, -0.2) is 9.59 Å². The lowest BCUT2D eigenvalue weighted by molar-refractivity contribution is -0.140. The third-order valence-corrected chi connectivity index (χ3v) is 3.61. The maximum absolute atomic E-state index is 12.2. The van der Waals surface area contributed by atoms with E-state index >= 15 is 0 Å². The molecule has 0 aromatic rings. The number of rotatable bonds is 6. The topological polar surface area (TPSA) is 70.1 Å². The van der Waals surface area contributed by atoms with E-state index in [0.29, 0.717) is 31.3 Å². The highest BCUT2D eigenvalue weighted by Crippen LogP contribution is 2.22. The fourth-order valence-corrected chi connectivity index (χ4v) is 2.78. The van der Waals surface area contributed by atoms with Crippen LogP contribution in [0.25, 0.3) is 0 Å². The average Bonchev–Trinajstić information content (AvgIpc) is 2.82. The van der Waals surface area contributed by atoms with E-state index in [1.165, 1.54) is 16.7 Å². The zero-order valence-corrected chi connectivity index (χ0v) is 11.2. The van der Waals surface area contributed by atoms with Crippen LogP contribution in [0.2, 0.25) is 0 Å². The first-order valence-corrected chi connectivity index (χ1v) is 6.73. The number of thioether (sulfide) groups is 1. The molecule has 0 radical (unpaired) electrons. The largest absolute Gasteiger partial charge is 0.480 e. The van der Waals surface area contributed by atoms with E-state index in [-0.39, 0.29) is 6.03 Å². The van der Waals surface area contributed by atoms with Crippen molar-refractivity contribution in [3.05, 3.63) is 12.7 Å². The summed E-state index contributed by atoms with van der Waals surface area (Å²) >= 11 is 1.45. The Labute approximate surface area is 111 Å². The van der Waals surface area contributed by atoms with Crippen LogP contribution in [0.1, 0.15) is 0 Å². The number of carboxylic acids is 1. The van der Waals surface area contributed by atoms with Gasteiger partial charge in [0, 0.05) is 26.0 Å². The van der Waals surface area contributed by atoms with Crippen LogP contribution < -0.4 is 0 Å². The van der Waals surface area contributed by atoms with Gasteiger partial charge in [0.25, 0.3) is 0 Å². The van der Waals surface area contributed by atoms with Gasteiger partial charge in [-0.15, -0.1) is 18.3 Å². The molecule has 1 fully saturated rings. The summed E-state index contributed by atoms with van der Waals surface area (Å²) in [5.41, 5.74) is 0. The van der Waals surface area contributed by atoms with E-state index in [1.54, 1.807) is 18.1 Å². The molecule has 2 amide bonds. The zero-order chi connectivity index (χ0) is 13.5. The summed E-state index contributed by atoms with van der Waals surface area (Å²) in [6, 6.07) is -1.01. The third kappa shape index (κ3) is 3.64. The Kier molecular flexibility index (Phi) is 6.00. The smallest absolute Gasteiger partial charge is 0.327 e. The third-order valence-electron chi connectivity index (χ3n) is 2.60. The van der Waals surface area contributed by atoms with Crippen molar-refractivity contribution in [3.8, 4) is 0 Å². The lowest BCUT2D eigenvalue weighted by Gasteiger charge is -2.28. The van der Waals surface area contributed by atoms with Gasteiger partial charge < -0.3 is 19.6 Å². The molecular weight excluding hydrogens is 256 g/mol. The van der Waals surface area contributed by atoms with Crippen molar-refractivity contribution < 1.29 is 19.4 Å². The van der Waals surface area contributed by atoms with E-state index in [9.17, 15) is 9.59 Å². The Morgan fingerprint density at radius 1 is 1.67 bits per heavy atom. The molecular formula is C11H18N2O4S. The molecule has 7 heteroatoms. The van der Waals surface area contributed by atoms with E-state index in [1.807, 2.05) is 0 Å². The maximum atomic E-state index is 12.2. The molecule has 1 heterocycles. The summed E-state index contributed by atoms with van der Waals surface area (Å²) in [7, 11) is 1.56. The second kappa shape index (κ2) is 7.27. The van der Waals surface area contributed by atoms with Gasteiger partial charge in [-0.05, 0) is 0 Å². The number of ether oxygens (including phenoxy) is 1. The average molecular weight is 274 g/mol. The van der Waals surface area contributed by atoms with Gasteiger partial charge >= 0.3 is 12.0 Å². The second-order valence-electron chi connectivity index (χ2n) is 3.83. The van der Waals surface area contributed by atoms with Gasteiger partial charge in [-0.2, -0.15) is 0 Å². The van der Waals surface area contributed by atoms with Crippen molar-refractivity contribution in [2.24, 2.45) is 0 Å². The molecule has 0 unspecified atom stereocenters. The Bertz CT molecular complexity index is 324. The van der Waals surface area contributed by atoms with Crippen LogP contribution in [0.15, 0.2) is 12.7 Å². The number of urea groups is 1. The predicted octanol–water partition coefficient (Wildman–Crippen LogP) is 0.700. The first kappa shape index (κ1) is 14.8. The number of carbonyl (C=O) groups is 2. The molecule has 18 heavy (non-hydrogen) atoms. The van der Waals surface area contributed by atoms with Crippen LogP contribution >= 0.6 is 11.8 Å². The van der Waals surface area contributed by atoms with Crippen LogP contribution in [-0.2, 0) is 9.53 Å². The summed E-state index contributed by atoms with van der Waals surface area (Å²) in [5.74, 6) is -0.109. The van der Waals surface area contributed by atoms with Crippen LogP contribution in [0.5, 0.6) is 0 Å². The Hall–Kier alpha value is -1.21. The molecule has 0 aliphatic carbocycles. The fraction of sp³-hybridized carbons (Fsp3) is 0.636. The van der Waals surface area contributed by atoms with Gasteiger partial charge in [0.1, 0.15) is 6.04 Å². The summed E-state index contributed by atoms with van der Waals surface area (Å²) in [6.45, 7) is 4.82. The summed E-state index contributed by atoms with van der Waals surface area (Å²) in [5, 5.41) is 9.05. The van der Waals surface area contributed by atoms with Crippen LogP contribution in [0, 0.1) is 0 Å². The molecule has 0 saturated carbocycles. The number of hydrogen-bond acceptors (Lipinski definition) is 4. The second-order valence-corrected chi connectivity index (χ2v) is 4.83. The van der Waals surface area contributed by atoms with Crippen molar-refractivity contribution in [3.63, 3.8) is 0 Å². The normalized spacial score (nSPS) is 18.7. The van der Waals surface area contributed by atoms with Crippen LogP contribution in [0.3, 0.4) is 0 Å². The van der Waals surface area contributed by atoms with Crippen LogP contribution in [0.4, 0.5) is 4.79 Å². The molecule has 1 rings (SSSR count). The first-order chi connectivity index (χ1) is 8.61. The zero-order valence-electron chi connectivity index (χ0n) is 10.4. The van der Waals surface area contributed by atoms with Crippen molar-refractivity contribution in [2.75, 3.05) is 38.4 Å². The first-order valence-electron chi connectivity index (χ1n) is 5.57. The maximum Gasteiger partial charge on any atom is 0.327 e. The quantitative estimate of drug-likeness (QED) is 0.722. The number of carboxylic acid groups (broad SMARTS) is 1. The number of nitrogens with zero attached hydrogens (tertiary/aromatic N) is 2. The number of aliphatic carboxylic acids is 1. The highest BCUT2D eigenvalue weighted by molar-refractivity contribution is 7.99. The van der Waals surface area contributed by atoms with E-state index < -0.39 is 12.0 Å². The molecule has 1 N–H and O–H groups in total. The lowest BCUT2D eigenvalue weighted by atomic mass is 10.3. The molecule has 1 aliphatic heterocycles. The molecule has 1 aliphatic rings. The van der Waals surface area contributed by atoms with Gasteiger partial charge in [0.15, 0.2) is 0 Å². The predicted molar refractivity (Wildman–Crippen MR) is 69.6 cm³/mol. The number of methoxy groups -OCH3 is 1. The number of carbonyl (C=O) groups excluding carboxylic acids is 1. The van der Waals surface area contributed by atoms with Crippen molar-refractivity contribution in [2.45, 2.75) is 6.04 Å². The highest BCUT2D eigenvalue weighted by Gasteiger charge is 2.36. The molecule has 6 nitrogen and oxygen atoms in total. The Morgan fingerprint density at radius 2 is 2.39 bits per heavy atom. The molecule has 102 valence electrons. The minimum absolute atomic E-state index is 0.274. The van der Waals surface area contributed by atoms with E-state index in [4.69, 9.17) is 9.84 Å². The minimum atomic E-state index is -0.960. The number of hydrogen-bond donors (Lipinski definition) is 1. The molecule has 1 saturated heterocycles. The Morgan fingerprint density at radius 3 is 2.94 bits per heavy atom. The summed E-state index contributed by atoms with van der Waals surface area (Å²) in [4.78, 5) is 26.2. The van der Waals surface area contributed by atoms with Gasteiger partial charge in [-0.1, -0.05) is 6.08 Å². The lowest BCUT2D eigenvalue weighted by Crippen LogP contribution is -2.49. The highest BCUT2D eigenvalue weighted by atomic mass is 32.2. The molecule has 0 bridgehead atoms. The molecule has 0 aromatic carbocycles. The van der Waals surface area contributed by atoms with Gasteiger partial charge in [-0.3, -0.25) is 0 Å². The Balaban J connectivity index is 2.68. The fourth-order valence-electron chi connectivity index (χ4n) is 1.64. The van der Waals surface area contributed by atoms with Gasteiger partial charge in [0.05, 0.1) is 12.5 Å². The van der Waals surface area contributed by atoms with E-state index in [2.05, 4.69) is 6.58 Å². The standard InChI is InChI=1S/C11H18N2O4S/c1-3-4-12(5-6-17-2)11(16)13-8-18-7-9(13)10(14)15/h3,9H,1,4-8H2,2H3,(H,14,15)/t9-/m0/s1. The SMILES string of the molecule is C=CCN(CCOC)C(=O)N1CSC[C@H]1C(=O)O. The van der Waals surface area contributed by atoms with Crippen molar-refractivity contribution in [1.82, 2.24) is 9.80 Å². The summed E-state index contributed by atoms with van der Waals surface area (Å²) < 4.78 is 4.94. The van der Waals surface area contributed by atoms with Crippen molar-refractivity contribution in [1.29, 1.82) is 0 Å². The van der Waals surface area contributed by atoms with E-state index in [0.717, 1.165) is 0 Å². The summed E-state index contributed by atoms with van der Waals surface area (Å²) in [6.07, 6.45) is 1.62. The monoisotopic (exact) mass is 274 g/mol. The minimum Gasteiger partial charge on any atom is -0.480 e. The van der Waals surface area contributed by atoms with Gasteiger partial charge in [0.2, 0.25) is 0 Å².